The lowest BCUT2D eigenvalue weighted by molar-refractivity contribution is -0.127. The van der Waals surface area contributed by atoms with Gasteiger partial charge in [0.05, 0.1) is 11.3 Å². The first kappa shape index (κ1) is 22.5. The SMILES string of the molecule is Cc1noc(C)c1CSc1ccccc1C(=O)O[C@@H](C)C(=O)NC(=O)NC(C)C. The molecule has 0 aliphatic heterocycles. The lowest BCUT2D eigenvalue weighted by Gasteiger charge is -2.15. The molecule has 8 nitrogen and oxygen atoms in total. The molecule has 0 fully saturated rings. The summed E-state index contributed by atoms with van der Waals surface area (Å²) in [5.41, 5.74) is 2.12. The summed E-state index contributed by atoms with van der Waals surface area (Å²) in [6, 6.07) is 6.22. The Morgan fingerprint density at radius 3 is 2.48 bits per heavy atom. The van der Waals surface area contributed by atoms with Crippen LogP contribution >= 0.6 is 11.8 Å². The zero-order valence-corrected chi connectivity index (χ0v) is 17.9. The quantitative estimate of drug-likeness (QED) is 0.523. The summed E-state index contributed by atoms with van der Waals surface area (Å²) in [6.45, 7) is 8.65. The van der Waals surface area contributed by atoms with Gasteiger partial charge >= 0.3 is 12.0 Å². The first-order valence-corrected chi connectivity index (χ1v) is 10.1. The largest absolute Gasteiger partial charge is 0.449 e. The van der Waals surface area contributed by atoms with E-state index in [-0.39, 0.29) is 6.04 Å². The maximum Gasteiger partial charge on any atom is 0.340 e. The Labute approximate surface area is 173 Å². The zero-order chi connectivity index (χ0) is 21.6. The number of nitrogens with zero attached hydrogens (tertiary/aromatic N) is 1. The number of esters is 1. The van der Waals surface area contributed by atoms with E-state index in [2.05, 4.69) is 15.8 Å². The molecule has 0 radical (unpaired) electrons. The van der Waals surface area contributed by atoms with Crippen molar-refractivity contribution < 1.29 is 23.6 Å². The van der Waals surface area contributed by atoms with Gasteiger partial charge in [-0.15, -0.1) is 11.8 Å². The summed E-state index contributed by atoms with van der Waals surface area (Å²) >= 11 is 1.45. The summed E-state index contributed by atoms with van der Waals surface area (Å²) in [5.74, 6) is -0.0205. The third kappa shape index (κ3) is 6.35. The van der Waals surface area contributed by atoms with E-state index in [1.54, 1.807) is 32.0 Å². The van der Waals surface area contributed by atoms with Crippen molar-refractivity contribution in [1.82, 2.24) is 15.8 Å². The summed E-state index contributed by atoms with van der Waals surface area (Å²) in [5, 5.41) is 8.61. The molecular formula is C20H25N3O5S. The fourth-order valence-electron chi connectivity index (χ4n) is 2.41. The van der Waals surface area contributed by atoms with Crippen molar-refractivity contribution in [3.63, 3.8) is 0 Å². The van der Waals surface area contributed by atoms with Gasteiger partial charge in [-0.1, -0.05) is 17.3 Å². The average molecular weight is 420 g/mol. The number of urea groups is 1. The van der Waals surface area contributed by atoms with Gasteiger partial charge in [-0.2, -0.15) is 0 Å². The minimum atomic E-state index is -1.12. The maximum absolute atomic E-state index is 12.6. The van der Waals surface area contributed by atoms with Crippen LogP contribution in [0.4, 0.5) is 4.79 Å². The Balaban J connectivity index is 2.02. The van der Waals surface area contributed by atoms with E-state index in [1.165, 1.54) is 18.7 Å². The molecule has 0 unspecified atom stereocenters. The Kier molecular flexibility index (Phi) is 7.83. The van der Waals surface area contributed by atoms with Crippen molar-refractivity contribution in [2.75, 3.05) is 0 Å². The standard InChI is InChI=1S/C20H25N3O5S/c1-11(2)21-20(26)22-18(24)14(5)27-19(25)15-8-6-7-9-17(15)29-10-16-12(3)23-28-13(16)4/h6-9,11,14H,10H2,1-5H3,(H2,21,22,24,26)/t14-/m0/s1. The normalized spacial score (nSPS) is 11.8. The van der Waals surface area contributed by atoms with Crippen molar-refractivity contribution in [2.45, 2.75) is 57.4 Å². The highest BCUT2D eigenvalue weighted by Crippen LogP contribution is 2.29. The first-order chi connectivity index (χ1) is 13.7. The van der Waals surface area contributed by atoms with E-state index in [0.717, 1.165) is 17.0 Å². The molecule has 2 N–H and O–H groups in total. The van der Waals surface area contributed by atoms with Crippen LogP contribution in [0.15, 0.2) is 33.7 Å². The molecule has 9 heteroatoms. The second-order valence-electron chi connectivity index (χ2n) is 6.75. The van der Waals surface area contributed by atoms with Crippen LogP contribution < -0.4 is 10.6 Å². The molecule has 0 aliphatic carbocycles. The topological polar surface area (TPSA) is 111 Å². The molecule has 2 aromatic rings. The predicted molar refractivity (Wildman–Crippen MR) is 109 cm³/mol. The molecule has 156 valence electrons. The van der Waals surface area contributed by atoms with Crippen LogP contribution in [-0.2, 0) is 15.3 Å². The van der Waals surface area contributed by atoms with Crippen molar-refractivity contribution in [3.8, 4) is 0 Å². The van der Waals surface area contributed by atoms with Crippen molar-refractivity contribution in [3.05, 3.63) is 46.8 Å². The molecule has 1 aromatic carbocycles. The molecule has 0 bridgehead atoms. The third-order valence-corrected chi connectivity index (χ3v) is 5.07. The molecule has 0 spiro atoms. The monoisotopic (exact) mass is 419 g/mol. The number of amides is 3. The Morgan fingerprint density at radius 1 is 1.17 bits per heavy atom. The number of ether oxygens (including phenoxy) is 1. The molecule has 0 saturated heterocycles. The molecule has 1 atom stereocenters. The summed E-state index contributed by atoms with van der Waals surface area (Å²) in [4.78, 5) is 37.0. The molecule has 0 aliphatic rings. The van der Waals surface area contributed by atoms with E-state index in [9.17, 15) is 14.4 Å². The summed E-state index contributed by atoms with van der Waals surface area (Å²) in [7, 11) is 0. The summed E-state index contributed by atoms with van der Waals surface area (Å²) in [6.07, 6.45) is -1.12. The van der Waals surface area contributed by atoms with E-state index >= 15 is 0 Å². The lowest BCUT2D eigenvalue weighted by Crippen LogP contribution is -2.46. The fourth-order valence-corrected chi connectivity index (χ4v) is 3.60. The molecular weight excluding hydrogens is 394 g/mol. The second kappa shape index (κ2) is 10.1. The number of nitrogens with one attached hydrogen (secondary N) is 2. The number of carbonyl (C=O) groups excluding carboxylic acids is 3. The molecule has 2 rings (SSSR count). The van der Waals surface area contributed by atoms with E-state index < -0.39 is 24.0 Å². The second-order valence-corrected chi connectivity index (χ2v) is 7.77. The van der Waals surface area contributed by atoms with Gasteiger partial charge in [0.1, 0.15) is 5.76 Å². The number of benzene rings is 1. The van der Waals surface area contributed by atoms with Crippen molar-refractivity contribution >= 4 is 29.7 Å². The molecule has 1 aromatic heterocycles. The van der Waals surface area contributed by atoms with Gasteiger partial charge in [0.2, 0.25) is 0 Å². The van der Waals surface area contributed by atoms with Gasteiger partial charge in [-0.3, -0.25) is 10.1 Å². The number of aryl methyl sites for hydroxylation is 2. The minimum absolute atomic E-state index is 0.123. The molecule has 1 heterocycles. The van der Waals surface area contributed by atoms with Gasteiger partial charge in [-0.05, 0) is 46.8 Å². The zero-order valence-electron chi connectivity index (χ0n) is 17.1. The van der Waals surface area contributed by atoms with Crippen LogP contribution in [0.2, 0.25) is 0 Å². The van der Waals surface area contributed by atoms with Crippen molar-refractivity contribution in [1.29, 1.82) is 0 Å². The Bertz CT molecular complexity index is 874. The van der Waals surface area contributed by atoms with E-state index in [1.807, 2.05) is 19.9 Å². The van der Waals surface area contributed by atoms with Gasteiger partial charge in [0, 0.05) is 22.3 Å². The fraction of sp³-hybridized carbons (Fsp3) is 0.400. The van der Waals surface area contributed by atoms with Crippen molar-refractivity contribution in [2.24, 2.45) is 0 Å². The average Bonchev–Trinajstić information content (AvgIpc) is 2.97. The number of imide groups is 1. The number of aromatic nitrogens is 1. The highest BCUT2D eigenvalue weighted by molar-refractivity contribution is 7.98. The van der Waals surface area contributed by atoms with Gasteiger partial charge < -0.3 is 14.6 Å². The number of thioether (sulfide) groups is 1. The Morgan fingerprint density at radius 2 is 1.86 bits per heavy atom. The van der Waals surface area contributed by atoms with Crippen LogP contribution in [-0.4, -0.2) is 35.2 Å². The number of hydrogen-bond acceptors (Lipinski definition) is 7. The van der Waals surface area contributed by atoms with Crippen LogP contribution in [0.25, 0.3) is 0 Å². The first-order valence-electron chi connectivity index (χ1n) is 9.15. The third-order valence-electron chi connectivity index (χ3n) is 3.97. The van der Waals surface area contributed by atoms with Gasteiger partial charge in [0.15, 0.2) is 6.10 Å². The van der Waals surface area contributed by atoms with Crippen LogP contribution in [0, 0.1) is 13.8 Å². The Hall–Kier alpha value is -2.81. The van der Waals surface area contributed by atoms with Gasteiger partial charge in [0.25, 0.3) is 5.91 Å². The number of hydrogen-bond donors (Lipinski definition) is 2. The highest BCUT2D eigenvalue weighted by Gasteiger charge is 2.23. The number of carbonyl (C=O) groups is 3. The highest BCUT2D eigenvalue weighted by atomic mass is 32.2. The lowest BCUT2D eigenvalue weighted by atomic mass is 10.2. The van der Waals surface area contributed by atoms with Crippen LogP contribution in [0.5, 0.6) is 0 Å². The van der Waals surface area contributed by atoms with E-state index in [4.69, 9.17) is 9.26 Å². The smallest absolute Gasteiger partial charge is 0.340 e. The number of rotatable bonds is 7. The van der Waals surface area contributed by atoms with Crippen LogP contribution in [0.1, 0.15) is 48.1 Å². The summed E-state index contributed by atoms with van der Waals surface area (Å²) < 4.78 is 10.4. The molecule has 3 amide bonds. The maximum atomic E-state index is 12.6. The molecule has 0 saturated carbocycles. The van der Waals surface area contributed by atoms with Crippen LogP contribution in [0.3, 0.4) is 0 Å². The van der Waals surface area contributed by atoms with Gasteiger partial charge in [-0.25, -0.2) is 9.59 Å². The predicted octanol–water partition coefficient (Wildman–Crippen LogP) is 3.36. The van der Waals surface area contributed by atoms with E-state index in [0.29, 0.717) is 16.2 Å². The minimum Gasteiger partial charge on any atom is -0.449 e. The molecule has 29 heavy (non-hydrogen) atoms.